The van der Waals surface area contributed by atoms with Crippen LogP contribution in [-0.4, -0.2) is 28.9 Å². The predicted molar refractivity (Wildman–Crippen MR) is 104 cm³/mol. The minimum atomic E-state index is -1.16. The Morgan fingerprint density at radius 3 is 2.14 bits per heavy atom. The van der Waals surface area contributed by atoms with E-state index in [1.165, 1.54) is 33.1 Å². The zero-order valence-corrected chi connectivity index (χ0v) is 17.8. The van der Waals surface area contributed by atoms with Gasteiger partial charge in [0.05, 0.1) is 6.10 Å². The van der Waals surface area contributed by atoms with Gasteiger partial charge >= 0.3 is 11.9 Å². The van der Waals surface area contributed by atoms with Crippen LogP contribution in [0.2, 0.25) is 0 Å². The van der Waals surface area contributed by atoms with Crippen molar-refractivity contribution in [2.75, 3.05) is 0 Å². The van der Waals surface area contributed by atoms with Crippen LogP contribution in [0.5, 0.6) is 0 Å². The molecule has 5 heteroatoms. The summed E-state index contributed by atoms with van der Waals surface area (Å²) in [7, 11) is 0. The minimum Gasteiger partial charge on any atom is -0.422 e. The zero-order valence-electron chi connectivity index (χ0n) is 17.8. The number of hydrogen-bond donors (Lipinski definition) is 1. The number of esters is 2. The molecule has 4 aliphatic rings. The maximum Gasteiger partial charge on any atom is 0.305 e. The third-order valence-corrected chi connectivity index (χ3v) is 9.25. The van der Waals surface area contributed by atoms with Gasteiger partial charge in [0.25, 0.3) is 5.79 Å². The van der Waals surface area contributed by atoms with Gasteiger partial charge in [0.1, 0.15) is 0 Å². The van der Waals surface area contributed by atoms with E-state index in [1.54, 1.807) is 0 Å². The minimum absolute atomic E-state index is 0.204. The highest BCUT2D eigenvalue weighted by Crippen LogP contribution is 2.69. The molecule has 4 fully saturated rings. The summed E-state index contributed by atoms with van der Waals surface area (Å²) in [5.41, 5.74) is -0.181. The summed E-state index contributed by atoms with van der Waals surface area (Å²) in [5.74, 6) is -0.221. The molecule has 0 aromatic carbocycles. The van der Waals surface area contributed by atoms with Crippen LogP contribution in [0, 0.1) is 34.5 Å². The van der Waals surface area contributed by atoms with E-state index in [0.29, 0.717) is 30.1 Å². The number of fused-ring (bicyclic) bond motifs is 5. The van der Waals surface area contributed by atoms with Gasteiger partial charge in [-0.2, -0.15) is 0 Å². The van der Waals surface area contributed by atoms with Gasteiger partial charge in [-0.25, -0.2) is 0 Å². The number of aliphatic hydroxyl groups excluding tert-OH is 1. The molecule has 158 valence electrons. The Morgan fingerprint density at radius 1 is 0.857 bits per heavy atom. The fourth-order valence-electron chi connectivity index (χ4n) is 8.13. The second kappa shape index (κ2) is 6.72. The molecule has 0 aromatic rings. The van der Waals surface area contributed by atoms with Crippen LogP contribution in [0.1, 0.15) is 85.5 Å². The van der Waals surface area contributed by atoms with Crippen molar-refractivity contribution in [3.05, 3.63) is 0 Å². The van der Waals surface area contributed by atoms with Crippen molar-refractivity contribution in [1.82, 2.24) is 0 Å². The first-order valence-corrected chi connectivity index (χ1v) is 11.2. The Hall–Kier alpha value is -1.10. The first kappa shape index (κ1) is 20.2. The van der Waals surface area contributed by atoms with E-state index in [2.05, 4.69) is 13.8 Å². The first-order chi connectivity index (χ1) is 13.1. The molecule has 7 atom stereocenters. The Balaban J connectivity index is 1.69. The lowest BCUT2D eigenvalue weighted by Crippen LogP contribution is -2.60. The van der Waals surface area contributed by atoms with Crippen LogP contribution in [0.15, 0.2) is 0 Å². The summed E-state index contributed by atoms with van der Waals surface area (Å²) >= 11 is 0. The van der Waals surface area contributed by atoms with E-state index in [-0.39, 0.29) is 16.9 Å². The van der Waals surface area contributed by atoms with Crippen molar-refractivity contribution in [1.29, 1.82) is 0 Å². The summed E-state index contributed by atoms with van der Waals surface area (Å²) in [6, 6.07) is 0. The van der Waals surface area contributed by atoms with Crippen LogP contribution in [0.3, 0.4) is 0 Å². The van der Waals surface area contributed by atoms with Crippen molar-refractivity contribution >= 4 is 11.9 Å². The van der Waals surface area contributed by atoms with Gasteiger partial charge in [-0.15, -0.1) is 0 Å². The molecule has 4 aliphatic carbocycles. The Labute approximate surface area is 168 Å². The number of hydrogen-bond acceptors (Lipinski definition) is 5. The molecule has 0 heterocycles. The molecule has 1 N–H and O–H groups in total. The molecule has 0 radical (unpaired) electrons. The van der Waals surface area contributed by atoms with Gasteiger partial charge in [0.15, 0.2) is 0 Å². The average molecular weight is 393 g/mol. The van der Waals surface area contributed by atoms with Gasteiger partial charge in [-0.3, -0.25) is 9.59 Å². The molecule has 0 bridgehead atoms. The largest absolute Gasteiger partial charge is 0.422 e. The number of carbonyl (C=O) groups excluding carboxylic acids is 2. The fraction of sp³-hybridized carbons (Fsp3) is 0.913. The second-order valence-corrected chi connectivity index (χ2v) is 10.5. The van der Waals surface area contributed by atoms with Gasteiger partial charge in [-0.1, -0.05) is 26.7 Å². The quantitative estimate of drug-likeness (QED) is 0.563. The SMILES string of the molecule is CC(=O)OC1(OC(C)=O)CC[C@H]2[C@@H]3CC(O)C4CCCC[C@]4(C)[C@@H]3CC[C@@]21C. The molecular weight excluding hydrogens is 356 g/mol. The Kier molecular flexibility index (Phi) is 4.84. The van der Waals surface area contributed by atoms with E-state index in [9.17, 15) is 14.7 Å². The first-order valence-electron chi connectivity index (χ1n) is 11.2. The molecule has 0 saturated heterocycles. The van der Waals surface area contributed by atoms with Crippen LogP contribution in [0.4, 0.5) is 0 Å². The lowest BCUT2D eigenvalue weighted by molar-refractivity contribution is -0.278. The number of ether oxygens (including phenoxy) is 2. The smallest absolute Gasteiger partial charge is 0.305 e. The Bertz CT molecular complexity index is 643. The molecule has 28 heavy (non-hydrogen) atoms. The normalized spacial score (nSPS) is 46.7. The maximum absolute atomic E-state index is 11.9. The maximum atomic E-state index is 11.9. The average Bonchev–Trinajstić information content (AvgIpc) is 2.86. The van der Waals surface area contributed by atoms with Crippen LogP contribution >= 0.6 is 0 Å². The predicted octanol–water partition coefficient (Wildman–Crippen LogP) is 4.21. The summed E-state index contributed by atoms with van der Waals surface area (Å²) in [6.45, 7) is 7.35. The molecule has 0 aromatic heterocycles. The summed E-state index contributed by atoms with van der Waals surface area (Å²) in [6.07, 6.45) is 8.84. The molecule has 4 rings (SSSR count). The van der Waals surface area contributed by atoms with Gasteiger partial charge in [0.2, 0.25) is 0 Å². The van der Waals surface area contributed by atoms with Crippen LogP contribution in [-0.2, 0) is 19.1 Å². The topological polar surface area (TPSA) is 72.8 Å². The molecular formula is C23H36O5. The lowest BCUT2D eigenvalue weighted by Gasteiger charge is -2.62. The highest BCUT2D eigenvalue weighted by molar-refractivity contribution is 5.69. The van der Waals surface area contributed by atoms with Gasteiger partial charge < -0.3 is 14.6 Å². The van der Waals surface area contributed by atoms with Gasteiger partial charge in [-0.05, 0) is 67.6 Å². The molecule has 0 amide bonds. The van der Waals surface area contributed by atoms with E-state index in [0.717, 1.165) is 32.1 Å². The number of aliphatic hydroxyl groups is 1. The highest BCUT2D eigenvalue weighted by Gasteiger charge is 2.69. The molecule has 5 nitrogen and oxygen atoms in total. The van der Waals surface area contributed by atoms with Gasteiger partial charge in [0, 0.05) is 25.7 Å². The van der Waals surface area contributed by atoms with E-state index >= 15 is 0 Å². The number of rotatable bonds is 2. The second-order valence-electron chi connectivity index (χ2n) is 10.5. The molecule has 2 unspecified atom stereocenters. The monoisotopic (exact) mass is 392 g/mol. The van der Waals surface area contributed by atoms with E-state index in [1.807, 2.05) is 0 Å². The van der Waals surface area contributed by atoms with Crippen molar-refractivity contribution in [2.45, 2.75) is 97.4 Å². The standard InChI is InChI=1S/C23H36O5/c1-14(24)27-23(28-15(2)25)12-9-18-16-13-20(26)19-7-5-6-10-21(19,3)17(16)8-11-22(18,23)4/h16-20,26H,5-13H2,1-4H3/t16-,17-,18+,19?,20?,21-,22+/m1/s1. The molecule has 4 saturated carbocycles. The zero-order chi connectivity index (χ0) is 20.3. The summed E-state index contributed by atoms with van der Waals surface area (Å²) < 4.78 is 11.6. The lowest BCUT2D eigenvalue weighted by atomic mass is 9.44. The third kappa shape index (κ3) is 2.75. The fourth-order valence-corrected chi connectivity index (χ4v) is 8.13. The van der Waals surface area contributed by atoms with Crippen molar-refractivity contribution < 1.29 is 24.2 Å². The highest BCUT2D eigenvalue weighted by atomic mass is 16.7. The van der Waals surface area contributed by atoms with Crippen LogP contribution < -0.4 is 0 Å². The summed E-state index contributed by atoms with van der Waals surface area (Å²) in [5, 5.41) is 11.1. The van der Waals surface area contributed by atoms with E-state index < -0.39 is 17.7 Å². The van der Waals surface area contributed by atoms with Crippen molar-refractivity contribution in [3.8, 4) is 0 Å². The van der Waals surface area contributed by atoms with E-state index in [4.69, 9.17) is 9.47 Å². The number of carbonyl (C=O) groups is 2. The van der Waals surface area contributed by atoms with Crippen LogP contribution in [0.25, 0.3) is 0 Å². The van der Waals surface area contributed by atoms with Crippen molar-refractivity contribution in [2.24, 2.45) is 34.5 Å². The summed E-state index contributed by atoms with van der Waals surface area (Å²) in [4.78, 5) is 23.8. The van der Waals surface area contributed by atoms with Crippen molar-refractivity contribution in [3.63, 3.8) is 0 Å². The molecule has 0 aliphatic heterocycles. The molecule has 0 spiro atoms. The Morgan fingerprint density at radius 2 is 1.50 bits per heavy atom. The third-order valence-electron chi connectivity index (χ3n) is 9.25.